The van der Waals surface area contributed by atoms with E-state index in [-0.39, 0.29) is 71.8 Å². The third-order valence-corrected chi connectivity index (χ3v) is 17.4. The molecule has 7 aromatic carbocycles. The molecule has 0 atom stereocenters. The Morgan fingerprint density at radius 2 is 1.30 bits per heavy atom. The van der Waals surface area contributed by atoms with Gasteiger partial charge in [-0.15, -0.1) is 15.3 Å². The van der Waals surface area contributed by atoms with Crippen LogP contribution in [-0.2, 0) is 31.6 Å². The molecule has 448 valence electrons. The van der Waals surface area contributed by atoms with Crippen molar-refractivity contribution in [1.29, 1.82) is 0 Å². The number of carbonyl (C=O) groups excluding carboxylic acids is 2. The Morgan fingerprint density at radius 3 is 2.03 bits per heavy atom. The zero-order chi connectivity index (χ0) is 60.0. The highest BCUT2D eigenvalue weighted by Crippen LogP contribution is 2.48. The van der Waals surface area contributed by atoms with Crippen molar-refractivity contribution in [2.24, 2.45) is 20.5 Å². The predicted molar refractivity (Wildman–Crippen MR) is 352 cm³/mol. The fraction of sp³-hybridized carbons (Fsp3) is 0.329. The summed E-state index contributed by atoms with van der Waals surface area (Å²) in [5.74, 6) is -0.538. The quantitative estimate of drug-likeness (QED) is 0.0184. The standard InChI is InChI=1S/C73H80N10O3.HI/c1-9-82-63-29-15-13-26-56(63)71(3,4)65(82)41-33-50-21-19-22-51(34-42-66-72(5,6)57-27-14-16-30-64(57)83(66)10-2)70(50)75-47-18-17-46-74-67(84)43-44-68(85)86-48-45-49-31-35-52(36-32-49)78-79-58-37-38-59(54-24-12-11-23-53(54)58)80-81-60-39-40-62-69-55(60)25-20-28-61(69)76-73(7,8)77-62;/h11-16,20,23-42H,9-10,17-19,21-22,43-48H2,1-8H3,(H3,74,76,77,78,80,84);1H/b50-33+,65-41-;. The Bertz CT molecular complexity index is 3950. The van der Waals surface area contributed by atoms with Crippen molar-refractivity contribution in [3.8, 4) is 0 Å². The molecular weight excluding hydrogens is 1190 g/mol. The van der Waals surface area contributed by atoms with Crippen molar-refractivity contribution in [3.05, 3.63) is 203 Å². The minimum Gasteiger partial charge on any atom is -1.00 e. The van der Waals surface area contributed by atoms with E-state index in [1.165, 1.54) is 50.8 Å². The lowest BCUT2D eigenvalue weighted by Gasteiger charge is -2.36. The first-order valence-electron chi connectivity index (χ1n) is 30.8. The second-order valence-corrected chi connectivity index (χ2v) is 24.4. The fourth-order valence-electron chi connectivity index (χ4n) is 12.9. The smallest absolute Gasteiger partial charge is 0.306 e. The Labute approximate surface area is 530 Å². The number of nitrogens with one attached hydrogen (secondary N) is 4. The Balaban J connectivity index is 0.00000838. The van der Waals surface area contributed by atoms with Gasteiger partial charge in [-0.2, -0.15) is 9.69 Å². The zero-order valence-electron chi connectivity index (χ0n) is 51.6. The molecule has 0 saturated heterocycles. The molecule has 0 fully saturated rings. The van der Waals surface area contributed by atoms with Gasteiger partial charge in [0.1, 0.15) is 12.2 Å². The van der Waals surface area contributed by atoms with Crippen molar-refractivity contribution in [1.82, 2.24) is 10.6 Å². The molecule has 3 heterocycles. The van der Waals surface area contributed by atoms with E-state index in [9.17, 15) is 9.59 Å². The number of fused-ring (bicyclic) bond motifs is 3. The fourth-order valence-corrected chi connectivity index (χ4v) is 12.9. The number of unbranched alkanes of at least 4 members (excludes halogenated alkanes) is 1. The molecule has 13 nitrogen and oxygen atoms in total. The molecule has 0 spiro atoms. The van der Waals surface area contributed by atoms with Gasteiger partial charge in [0.25, 0.3) is 0 Å². The molecule has 0 aromatic heterocycles. The molecule has 0 unspecified atom stereocenters. The van der Waals surface area contributed by atoms with E-state index in [0.717, 1.165) is 107 Å². The average Bonchev–Trinajstić information content (AvgIpc) is 1.93. The molecule has 4 N–H and O–H groups in total. The van der Waals surface area contributed by atoms with Crippen molar-refractivity contribution >= 4 is 84.6 Å². The van der Waals surface area contributed by atoms with E-state index in [4.69, 9.17) is 15.0 Å². The number of hydrogen-bond donors (Lipinski definition) is 4. The highest BCUT2D eigenvalue weighted by Gasteiger charge is 2.44. The van der Waals surface area contributed by atoms with Gasteiger partial charge in [0.05, 0.1) is 41.2 Å². The number of amides is 1. The number of anilines is 3. The molecule has 0 bridgehead atoms. The number of allylic oxidation sites excluding steroid dienone is 7. The average molecular weight is 1270 g/mol. The number of halogens is 1. The van der Waals surface area contributed by atoms with Crippen molar-refractivity contribution in [2.75, 3.05) is 48.3 Å². The third-order valence-electron chi connectivity index (χ3n) is 17.4. The lowest BCUT2D eigenvalue weighted by Crippen LogP contribution is -3.00. The third kappa shape index (κ3) is 13.4. The monoisotopic (exact) mass is 1270 g/mol. The largest absolute Gasteiger partial charge is 1.00 e. The molecule has 3 aliphatic heterocycles. The van der Waals surface area contributed by atoms with Gasteiger partial charge in [0.15, 0.2) is 5.71 Å². The number of carbonyl (C=O) groups is 2. The summed E-state index contributed by atoms with van der Waals surface area (Å²) in [5, 5.41) is 36.7. The summed E-state index contributed by atoms with van der Waals surface area (Å²) < 4.78 is 8.01. The van der Waals surface area contributed by atoms with Gasteiger partial charge in [-0.1, -0.05) is 111 Å². The number of likely N-dealkylation sites (N-methyl/N-ethyl adjacent to an activating group) is 1. The maximum Gasteiger partial charge on any atom is 0.306 e. The molecule has 7 aromatic rings. The molecule has 0 saturated carbocycles. The van der Waals surface area contributed by atoms with Crippen molar-refractivity contribution < 1.29 is 42.9 Å². The normalized spacial score (nSPS) is 17.3. The van der Waals surface area contributed by atoms with Crippen LogP contribution in [0.15, 0.2) is 207 Å². The van der Waals surface area contributed by atoms with Crippen LogP contribution < -0.4 is 50.1 Å². The van der Waals surface area contributed by atoms with E-state index >= 15 is 0 Å². The SMILES string of the molecule is CCN1/C(=C\C=C2/CCCC(/C=C/C3=[N+](CC)c4ccccc4C3(C)C)=C2NCCCCNC(=O)CCC(=O)OCCc2ccc(N=Nc3ccc(N=Nc4ccc5c6c(cccc46)NC(C)(C)N5)c4ccccc34)cc2)C(C)(C)c2ccccc21.[I-]. The van der Waals surface area contributed by atoms with Crippen LogP contribution in [0.25, 0.3) is 21.5 Å². The van der Waals surface area contributed by atoms with E-state index in [0.29, 0.717) is 18.7 Å². The van der Waals surface area contributed by atoms with Gasteiger partial charge < -0.3 is 54.9 Å². The molecule has 1 aliphatic carbocycles. The number of hydrogen-bond acceptors (Lipinski definition) is 11. The first-order chi connectivity index (χ1) is 41.6. The van der Waals surface area contributed by atoms with Crippen LogP contribution in [0.2, 0.25) is 0 Å². The Hall–Kier alpha value is -8.24. The number of para-hydroxylation sites is 2. The van der Waals surface area contributed by atoms with Gasteiger partial charge >= 0.3 is 5.97 Å². The first kappa shape index (κ1) is 61.8. The number of benzene rings is 7. The van der Waals surface area contributed by atoms with Crippen LogP contribution in [0.5, 0.6) is 0 Å². The zero-order valence-corrected chi connectivity index (χ0v) is 53.7. The molecule has 87 heavy (non-hydrogen) atoms. The summed E-state index contributed by atoms with van der Waals surface area (Å²) in [6.07, 6.45) is 14.9. The predicted octanol–water partition coefficient (Wildman–Crippen LogP) is 14.5. The van der Waals surface area contributed by atoms with Crippen LogP contribution in [0.4, 0.5) is 45.5 Å². The highest BCUT2D eigenvalue weighted by molar-refractivity contribution is 6.10. The van der Waals surface area contributed by atoms with E-state index in [2.05, 4.69) is 187 Å². The van der Waals surface area contributed by atoms with Crippen LogP contribution in [0, 0.1) is 0 Å². The van der Waals surface area contributed by atoms with Crippen molar-refractivity contribution in [3.63, 3.8) is 0 Å². The first-order valence-corrected chi connectivity index (χ1v) is 30.8. The van der Waals surface area contributed by atoms with Gasteiger partial charge in [0.2, 0.25) is 11.6 Å². The second-order valence-electron chi connectivity index (χ2n) is 24.4. The van der Waals surface area contributed by atoms with Crippen LogP contribution in [-0.4, -0.2) is 60.6 Å². The molecule has 14 heteroatoms. The Kier molecular flexibility index (Phi) is 19.0. The molecular formula is C73H81IN10O3. The lowest BCUT2D eigenvalue weighted by atomic mass is 9.81. The molecule has 4 aliphatic rings. The topological polar surface area (TPSA) is 147 Å². The summed E-state index contributed by atoms with van der Waals surface area (Å²) in [4.78, 5) is 28.1. The summed E-state index contributed by atoms with van der Waals surface area (Å²) in [6.45, 7) is 21.4. The number of esters is 1. The summed E-state index contributed by atoms with van der Waals surface area (Å²) in [7, 11) is 0. The second kappa shape index (κ2) is 26.8. The summed E-state index contributed by atoms with van der Waals surface area (Å²) in [5.41, 5.74) is 17.4. The van der Waals surface area contributed by atoms with E-state index in [1.54, 1.807) is 0 Å². The Morgan fingerprint density at radius 1 is 0.655 bits per heavy atom. The molecule has 11 rings (SSSR count). The van der Waals surface area contributed by atoms with Crippen molar-refractivity contribution in [2.45, 2.75) is 123 Å². The minimum atomic E-state index is -0.388. The van der Waals surface area contributed by atoms with E-state index < -0.39 is 0 Å². The lowest BCUT2D eigenvalue weighted by molar-refractivity contribution is -0.433. The van der Waals surface area contributed by atoms with Crippen LogP contribution >= 0.6 is 0 Å². The van der Waals surface area contributed by atoms with E-state index in [1.807, 2.05) is 72.8 Å². The van der Waals surface area contributed by atoms with Crippen LogP contribution in [0.1, 0.15) is 117 Å². The number of rotatable bonds is 21. The number of nitrogens with zero attached hydrogens (tertiary/aromatic N) is 6. The summed E-state index contributed by atoms with van der Waals surface area (Å²) >= 11 is 0. The molecule has 1 amide bonds. The van der Waals surface area contributed by atoms with Gasteiger partial charge in [-0.05, 0) is 151 Å². The minimum absolute atomic E-state index is 0. The van der Waals surface area contributed by atoms with Gasteiger partial charge in [-0.25, -0.2) is 0 Å². The number of azo groups is 2. The highest BCUT2D eigenvalue weighted by atomic mass is 127. The van der Waals surface area contributed by atoms with Crippen LogP contribution in [0.3, 0.4) is 0 Å². The maximum atomic E-state index is 12.9. The molecule has 0 radical (unpaired) electrons. The maximum absolute atomic E-state index is 12.9. The number of ether oxygens (including phenoxy) is 1. The summed E-state index contributed by atoms with van der Waals surface area (Å²) in [6, 6.07) is 47.5. The van der Waals surface area contributed by atoms with Gasteiger partial charge in [0, 0.05) is 106 Å². The van der Waals surface area contributed by atoms with Gasteiger partial charge in [-0.3, -0.25) is 9.59 Å².